The van der Waals surface area contributed by atoms with E-state index in [1.807, 2.05) is 43.0 Å². The van der Waals surface area contributed by atoms with Gasteiger partial charge in [-0.1, -0.05) is 30.3 Å². The lowest BCUT2D eigenvalue weighted by Crippen LogP contribution is -2.35. The average Bonchev–Trinajstić information content (AvgIpc) is 2.72. The summed E-state index contributed by atoms with van der Waals surface area (Å²) < 4.78 is 0. The van der Waals surface area contributed by atoms with Gasteiger partial charge in [-0.2, -0.15) is 0 Å². The predicted molar refractivity (Wildman–Crippen MR) is 115 cm³/mol. The van der Waals surface area contributed by atoms with Crippen molar-refractivity contribution in [2.75, 3.05) is 11.9 Å². The number of hydrogen-bond acceptors (Lipinski definition) is 2. The molecule has 29 heavy (non-hydrogen) atoms. The standard InChI is InChI=1S/C25H24N2O2/c1-17-13-18(2)15-23(14-17)26-24(28)20-7-9-21(10-8-20)25(29)27-12-11-19-5-3-4-6-22(19)16-27/h3-10,13-15H,11-12,16H2,1-2H3,(H,26,28). The summed E-state index contributed by atoms with van der Waals surface area (Å²) in [7, 11) is 0. The summed E-state index contributed by atoms with van der Waals surface area (Å²) in [4.78, 5) is 27.3. The molecule has 2 amide bonds. The number of anilines is 1. The Balaban J connectivity index is 1.45. The van der Waals surface area contributed by atoms with Crippen LogP contribution < -0.4 is 5.32 Å². The zero-order valence-electron chi connectivity index (χ0n) is 16.7. The lowest BCUT2D eigenvalue weighted by molar-refractivity contribution is 0.0734. The van der Waals surface area contributed by atoms with Crippen molar-refractivity contribution in [1.82, 2.24) is 4.90 Å². The van der Waals surface area contributed by atoms with Crippen LogP contribution in [0.25, 0.3) is 0 Å². The number of carbonyl (C=O) groups is 2. The molecule has 3 aromatic carbocycles. The molecule has 1 heterocycles. The van der Waals surface area contributed by atoms with E-state index in [4.69, 9.17) is 0 Å². The maximum atomic E-state index is 12.9. The van der Waals surface area contributed by atoms with Crippen LogP contribution in [0.1, 0.15) is 43.0 Å². The minimum Gasteiger partial charge on any atom is -0.334 e. The van der Waals surface area contributed by atoms with E-state index >= 15 is 0 Å². The molecule has 0 saturated carbocycles. The summed E-state index contributed by atoms with van der Waals surface area (Å²) in [6.45, 7) is 5.35. The van der Waals surface area contributed by atoms with Crippen molar-refractivity contribution in [1.29, 1.82) is 0 Å². The summed E-state index contributed by atoms with van der Waals surface area (Å²) >= 11 is 0. The number of aryl methyl sites for hydroxylation is 2. The molecular weight excluding hydrogens is 360 g/mol. The molecular formula is C25H24N2O2. The first-order valence-electron chi connectivity index (χ1n) is 9.85. The van der Waals surface area contributed by atoms with Gasteiger partial charge in [-0.3, -0.25) is 9.59 Å². The topological polar surface area (TPSA) is 49.4 Å². The van der Waals surface area contributed by atoms with Gasteiger partial charge in [-0.25, -0.2) is 0 Å². The molecule has 1 aliphatic rings. The fraction of sp³-hybridized carbons (Fsp3) is 0.200. The Hall–Kier alpha value is -3.40. The second-order valence-electron chi connectivity index (χ2n) is 7.65. The van der Waals surface area contributed by atoms with Crippen molar-refractivity contribution in [3.8, 4) is 0 Å². The lowest BCUT2D eigenvalue weighted by Gasteiger charge is -2.29. The molecule has 146 valence electrons. The van der Waals surface area contributed by atoms with Crippen LogP contribution in [0.4, 0.5) is 5.69 Å². The average molecular weight is 384 g/mol. The van der Waals surface area contributed by atoms with Gasteiger partial charge in [0.2, 0.25) is 0 Å². The molecule has 0 radical (unpaired) electrons. The zero-order chi connectivity index (χ0) is 20.4. The van der Waals surface area contributed by atoms with E-state index in [2.05, 4.69) is 23.5 Å². The number of rotatable bonds is 3. The van der Waals surface area contributed by atoms with Gasteiger partial charge < -0.3 is 10.2 Å². The zero-order valence-corrected chi connectivity index (χ0v) is 16.7. The monoisotopic (exact) mass is 384 g/mol. The Morgan fingerprint density at radius 2 is 1.45 bits per heavy atom. The van der Waals surface area contributed by atoms with E-state index in [0.29, 0.717) is 24.2 Å². The van der Waals surface area contributed by atoms with Crippen LogP contribution in [-0.4, -0.2) is 23.3 Å². The van der Waals surface area contributed by atoms with Gasteiger partial charge in [0.1, 0.15) is 0 Å². The minimum absolute atomic E-state index is 0.000713. The van der Waals surface area contributed by atoms with Crippen molar-refractivity contribution in [2.45, 2.75) is 26.8 Å². The molecule has 4 nitrogen and oxygen atoms in total. The second kappa shape index (κ2) is 7.92. The van der Waals surface area contributed by atoms with Crippen LogP contribution in [-0.2, 0) is 13.0 Å². The van der Waals surface area contributed by atoms with E-state index < -0.39 is 0 Å². The Labute approximate surface area is 171 Å². The normalized spacial score (nSPS) is 13.0. The molecule has 4 rings (SSSR count). The van der Waals surface area contributed by atoms with Crippen LogP contribution in [0.5, 0.6) is 0 Å². The van der Waals surface area contributed by atoms with Crippen molar-refractivity contribution < 1.29 is 9.59 Å². The van der Waals surface area contributed by atoms with Crippen LogP contribution in [0.2, 0.25) is 0 Å². The third-order valence-corrected chi connectivity index (χ3v) is 5.29. The molecule has 1 aliphatic heterocycles. The van der Waals surface area contributed by atoms with Gasteiger partial charge in [0.15, 0.2) is 0 Å². The molecule has 0 saturated heterocycles. The highest BCUT2D eigenvalue weighted by Crippen LogP contribution is 2.21. The first kappa shape index (κ1) is 18.9. The molecule has 0 bridgehead atoms. The predicted octanol–water partition coefficient (Wildman–Crippen LogP) is 4.75. The molecule has 0 spiro atoms. The van der Waals surface area contributed by atoms with Crippen molar-refractivity contribution in [3.05, 3.63) is 100 Å². The maximum Gasteiger partial charge on any atom is 0.255 e. The molecule has 3 aromatic rings. The van der Waals surface area contributed by atoms with Gasteiger partial charge in [-0.05, 0) is 78.9 Å². The molecule has 1 N–H and O–H groups in total. The lowest BCUT2D eigenvalue weighted by atomic mass is 9.99. The van der Waals surface area contributed by atoms with E-state index in [1.165, 1.54) is 11.1 Å². The number of benzene rings is 3. The number of nitrogens with zero attached hydrogens (tertiary/aromatic N) is 1. The van der Waals surface area contributed by atoms with Crippen molar-refractivity contribution in [3.63, 3.8) is 0 Å². The molecule has 0 unspecified atom stereocenters. The van der Waals surface area contributed by atoms with Crippen LogP contribution in [0.3, 0.4) is 0 Å². The van der Waals surface area contributed by atoms with E-state index in [0.717, 1.165) is 23.2 Å². The van der Waals surface area contributed by atoms with Crippen LogP contribution >= 0.6 is 0 Å². The Bertz CT molecular complexity index is 1050. The van der Waals surface area contributed by atoms with Crippen LogP contribution in [0, 0.1) is 13.8 Å². The smallest absolute Gasteiger partial charge is 0.255 e. The summed E-state index contributed by atoms with van der Waals surface area (Å²) in [6, 6.07) is 21.1. The van der Waals surface area contributed by atoms with E-state index in [1.54, 1.807) is 24.3 Å². The largest absolute Gasteiger partial charge is 0.334 e. The van der Waals surface area contributed by atoms with Crippen molar-refractivity contribution >= 4 is 17.5 Å². The second-order valence-corrected chi connectivity index (χ2v) is 7.65. The Morgan fingerprint density at radius 1 is 0.828 bits per heavy atom. The summed E-state index contributed by atoms with van der Waals surface area (Å²) in [6.07, 6.45) is 0.873. The fourth-order valence-corrected chi connectivity index (χ4v) is 3.87. The van der Waals surface area contributed by atoms with E-state index in [9.17, 15) is 9.59 Å². The number of hydrogen-bond donors (Lipinski definition) is 1. The third-order valence-electron chi connectivity index (χ3n) is 5.29. The number of amides is 2. The highest BCUT2D eigenvalue weighted by atomic mass is 16.2. The minimum atomic E-state index is -0.180. The summed E-state index contributed by atoms with van der Waals surface area (Å²) in [5, 5.41) is 2.93. The van der Waals surface area contributed by atoms with Gasteiger partial charge in [0.25, 0.3) is 11.8 Å². The molecule has 0 aromatic heterocycles. The quantitative estimate of drug-likeness (QED) is 0.708. The van der Waals surface area contributed by atoms with Gasteiger partial charge in [0.05, 0.1) is 0 Å². The van der Waals surface area contributed by atoms with Gasteiger partial charge in [-0.15, -0.1) is 0 Å². The number of carbonyl (C=O) groups excluding carboxylic acids is 2. The molecule has 0 fully saturated rings. The summed E-state index contributed by atoms with van der Waals surface area (Å²) in [5.41, 5.74) is 6.64. The van der Waals surface area contributed by atoms with Gasteiger partial charge >= 0.3 is 0 Å². The molecule has 0 atom stereocenters. The highest BCUT2D eigenvalue weighted by Gasteiger charge is 2.21. The van der Waals surface area contributed by atoms with E-state index in [-0.39, 0.29) is 11.8 Å². The Kier molecular flexibility index (Phi) is 5.17. The van der Waals surface area contributed by atoms with Crippen LogP contribution in [0.15, 0.2) is 66.7 Å². The molecule has 4 heteroatoms. The maximum absolute atomic E-state index is 12.9. The SMILES string of the molecule is Cc1cc(C)cc(NC(=O)c2ccc(C(=O)N3CCc4ccccc4C3)cc2)c1. The number of fused-ring (bicyclic) bond motifs is 1. The summed E-state index contributed by atoms with van der Waals surface area (Å²) in [5.74, 6) is -0.179. The fourth-order valence-electron chi connectivity index (χ4n) is 3.87. The van der Waals surface area contributed by atoms with Crippen molar-refractivity contribution in [2.24, 2.45) is 0 Å². The molecule has 0 aliphatic carbocycles. The van der Waals surface area contributed by atoms with Gasteiger partial charge in [0, 0.05) is 29.9 Å². The first-order chi connectivity index (χ1) is 14.0. The first-order valence-corrected chi connectivity index (χ1v) is 9.85. The number of nitrogens with one attached hydrogen (secondary N) is 1. The Morgan fingerprint density at radius 3 is 2.14 bits per heavy atom. The third kappa shape index (κ3) is 4.21. The highest BCUT2D eigenvalue weighted by molar-refractivity contribution is 6.05.